The SMILES string of the molecule is CCC(C)(CN)c1nn2c(C3CCC3)nnc2s1. The smallest absolute Gasteiger partial charge is 0.234 e. The van der Waals surface area contributed by atoms with Crippen molar-refractivity contribution in [2.75, 3.05) is 6.54 Å². The standard InChI is InChI=1S/C12H19N5S/c1-3-12(2,7-13)10-16-17-9(8-5-4-6-8)14-15-11(17)18-10/h8H,3-7,13H2,1-2H3. The normalized spacial score (nSPS) is 19.9. The van der Waals surface area contributed by atoms with Crippen molar-refractivity contribution in [3.8, 4) is 0 Å². The van der Waals surface area contributed by atoms with Gasteiger partial charge in [0.2, 0.25) is 4.96 Å². The van der Waals surface area contributed by atoms with Crippen molar-refractivity contribution in [3.05, 3.63) is 10.8 Å². The van der Waals surface area contributed by atoms with Crippen molar-refractivity contribution in [2.45, 2.75) is 50.9 Å². The minimum Gasteiger partial charge on any atom is -0.330 e. The van der Waals surface area contributed by atoms with Crippen LogP contribution < -0.4 is 5.73 Å². The van der Waals surface area contributed by atoms with Crippen molar-refractivity contribution in [2.24, 2.45) is 5.73 Å². The fourth-order valence-electron chi connectivity index (χ4n) is 2.18. The van der Waals surface area contributed by atoms with E-state index in [1.54, 1.807) is 11.3 Å². The van der Waals surface area contributed by atoms with E-state index in [0.29, 0.717) is 12.5 Å². The first kappa shape index (κ1) is 12.0. The second-order valence-electron chi connectivity index (χ2n) is 5.41. The Morgan fingerprint density at radius 2 is 2.22 bits per heavy atom. The van der Waals surface area contributed by atoms with E-state index >= 15 is 0 Å². The highest BCUT2D eigenvalue weighted by atomic mass is 32.1. The van der Waals surface area contributed by atoms with Crippen molar-refractivity contribution in [3.63, 3.8) is 0 Å². The molecule has 1 aliphatic rings. The lowest BCUT2D eigenvalue weighted by atomic mass is 9.85. The monoisotopic (exact) mass is 265 g/mol. The minimum absolute atomic E-state index is 0.0394. The molecule has 0 bridgehead atoms. The van der Waals surface area contributed by atoms with Crippen LogP contribution in [0.1, 0.15) is 56.3 Å². The number of hydrogen-bond acceptors (Lipinski definition) is 5. The van der Waals surface area contributed by atoms with Gasteiger partial charge in [-0.05, 0) is 19.3 Å². The summed E-state index contributed by atoms with van der Waals surface area (Å²) in [6.07, 6.45) is 4.73. The molecule has 6 heteroatoms. The summed E-state index contributed by atoms with van der Waals surface area (Å²) in [7, 11) is 0. The maximum absolute atomic E-state index is 5.90. The first-order chi connectivity index (χ1) is 8.68. The van der Waals surface area contributed by atoms with E-state index in [1.165, 1.54) is 19.3 Å². The van der Waals surface area contributed by atoms with Crippen LogP contribution in [-0.4, -0.2) is 26.4 Å². The van der Waals surface area contributed by atoms with Gasteiger partial charge in [-0.2, -0.15) is 9.61 Å². The summed E-state index contributed by atoms with van der Waals surface area (Å²) in [5.41, 5.74) is 5.86. The number of rotatable bonds is 4. The molecule has 2 aromatic rings. The molecule has 0 amide bonds. The van der Waals surface area contributed by atoms with Gasteiger partial charge in [-0.1, -0.05) is 31.6 Å². The van der Waals surface area contributed by atoms with Gasteiger partial charge in [0, 0.05) is 17.9 Å². The predicted molar refractivity (Wildman–Crippen MR) is 71.9 cm³/mol. The average Bonchev–Trinajstić information content (AvgIpc) is 2.88. The van der Waals surface area contributed by atoms with Crippen molar-refractivity contribution in [1.82, 2.24) is 19.8 Å². The molecule has 0 spiro atoms. The molecular formula is C12H19N5S. The predicted octanol–water partition coefficient (Wildman–Crippen LogP) is 2.08. The molecular weight excluding hydrogens is 246 g/mol. The Hall–Kier alpha value is -1.01. The summed E-state index contributed by atoms with van der Waals surface area (Å²) in [5.74, 6) is 1.59. The van der Waals surface area contributed by atoms with Crippen LogP contribution in [0.4, 0.5) is 0 Å². The summed E-state index contributed by atoms with van der Waals surface area (Å²) < 4.78 is 1.94. The molecule has 0 aliphatic heterocycles. The average molecular weight is 265 g/mol. The first-order valence-corrected chi connectivity index (χ1v) is 7.42. The maximum atomic E-state index is 5.90. The van der Waals surface area contributed by atoms with E-state index < -0.39 is 0 Å². The Balaban J connectivity index is 2.03. The third-order valence-electron chi connectivity index (χ3n) is 4.23. The van der Waals surface area contributed by atoms with Crippen molar-refractivity contribution < 1.29 is 0 Å². The fraction of sp³-hybridized carbons (Fsp3) is 0.750. The molecule has 1 unspecified atom stereocenters. The molecule has 2 aromatic heterocycles. The summed E-state index contributed by atoms with van der Waals surface area (Å²) in [5, 5.41) is 14.3. The highest BCUT2D eigenvalue weighted by Gasteiger charge is 2.31. The van der Waals surface area contributed by atoms with Gasteiger partial charge in [-0.3, -0.25) is 0 Å². The summed E-state index contributed by atoms with van der Waals surface area (Å²) in [6.45, 7) is 4.94. The second kappa shape index (κ2) is 4.28. The van der Waals surface area contributed by atoms with Crippen LogP contribution in [0.3, 0.4) is 0 Å². The molecule has 2 heterocycles. The molecule has 2 N–H and O–H groups in total. The van der Waals surface area contributed by atoms with Crippen LogP contribution in [-0.2, 0) is 5.41 Å². The van der Waals surface area contributed by atoms with Gasteiger partial charge in [0.1, 0.15) is 5.01 Å². The second-order valence-corrected chi connectivity index (χ2v) is 6.36. The highest BCUT2D eigenvalue weighted by molar-refractivity contribution is 7.16. The van der Waals surface area contributed by atoms with E-state index in [9.17, 15) is 0 Å². The quantitative estimate of drug-likeness (QED) is 0.919. The Labute approximate surface area is 110 Å². The van der Waals surface area contributed by atoms with Crippen LogP contribution in [0.25, 0.3) is 4.96 Å². The zero-order valence-electron chi connectivity index (χ0n) is 10.9. The number of aromatic nitrogens is 4. The number of hydrogen-bond donors (Lipinski definition) is 1. The van der Waals surface area contributed by atoms with E-state index in [-0.39, 0.29) is 5.41 Å². The number of fused-ring (bicyclic) bond motifs is 1. The molecule has 3 rings (SSSR count). The molecule has 0 aromatic carbocycles. The molecule has 0 saturated heterocycles. The lowest BCUT2D eigenvalue weighted by Gasteiger charge is -2.23. The molecule has 1 aliphatic carbocycles. The lowest BCUT2D eigenvalue weighted by Crippen LogP contribution is -2.31. The van der Waals surface area contributed by atoms with Crippen molar-refractivity contribution in [1.29, 1.82) is 0 Å². The van der Waals surface area contributed by atoms with E-state index in [2.05, 4.69) is 24.0 Å². The van der Waals surface area contributed by atoms with Crippen LogP contribution in [0.2, 0.25) is 0 Å². The van der Waals surface area contributed by atoms with Gasteiger partial charge in [-0.25, -0.2) is 0 Å². The third kappa shape index (κ3) is 1.66. The Morgan fingerprint density at radius 3 is 2.78 bits per heavy atom. The molecule has 1 saturated carbocycles. The third-order valence-corrected chi connectivity index (χ3v) is 5.44. The van der Waals surface area contributed by atoms with Gasteiger partial charge in [0.25, 0.3) is 0 Å². The van der Waals surface area contributed by atoms with Crippen LogP contribution in [0, 0.1) is 0 Å². The van der Waals surface area contributed by atoms with E-state index in [0.717, 1.165) is 22.2 Å². The molecule has 0 radical (unpaired) electrons. The van der Waals surface area contributed by atoms with E-state index in [4.69, 9.17) is 10.8 Å². The number of nitrogens with two attached hydrogens (primary N) is 1. The minimum atomic E-state index is -0.0394. The molecule has 98 valence electrons. The Kier molecular flexibility index (Phi) is 2.86. The lowest BCUT2D eigenvalue weighted by molar-refractivity contribution is 0.392. The largest absolute Gasteiger partial charge is 0.330 e. The molecule has 1 atom stereocenters. The maximum Gasteiger partial charge on any atom is 0.234 e. The van der Waals surface area contributed by atoms with Crippen LogP contribution >= 0.6 is 11.3 Å². The summed E-state index contributed by atoms with van der Waals surface area (Å²) in [6, 6.07) is 0. The van der Waals surface area contributed by atoms with Gasteiger partial charge >= 0.3 is 0 Å². The first-order valence-electron chi connectivity index (χ1n) is 6.60. The topological polar surface area (TPSA) is 69.1 Å². The van der Waals surface area contributed by atoms with E-state index in [1.807, 2.05) is 4.52 Å². The molecule has 1 fully saturated rings. The van der Waals surface area contributed by atoms with Crippen LogP contribution in [0.5, 0.6) is 0 Å². The van der Waals surface area contributed by atoms with Gasteiger partial charge in [0.15, 0.2) is 5.82 Å². The zero-order valence-corrected chi connectivity index (χ0v) is 11.7. The van der Waals surface area contributed by atoms with Crippen molar-refractivity contribution >= 4 is 16.3 Å². The summed E-state index contributed by atoms with van der Waals surface area (Å²) >= 11 is 1.62. The zero-order chi connectivity index (χ0) is 12.8. The Morgan fingerprint density at radius 1 is 1.44 bits per heavy atom. The van der Waals surface area contributed by atoms with Gasteiger partial charge < -0.3 is 5.73 Å². The van der Waals surface area contributed by atoms with Gasteiger partial charge in [0.05, 0.1) is 0 Å². The molecule has 18 heavy (non-hydrogen) atoms. The summed E-state index contributed by atoms with van der Waals surface area (Å²) in [4.78, 5) is 0.903. The highest BCUT2D eigenvalue weighted by Crippen LogP contribution is 2.37. The Bertz CT molecular complexity index is 550. The molecule has 5 nitrogen and oxygen atoms in total. The fourth-order valence-corrected chi connectivity index (χ4v) is 3.25. The van der Waals surface area contributed by atoms with Gasteiger partial charge in [-0.15, -0.1) is 10.2 Å². The van der Waals surface area contributed by atoms with Crippen LogP contribution in [0.15, 0.2) is 0 Å². The number of nitrogens with zero attached hydrogens (tertiary/aromatic N) is 4.